The maximum absolute atomic E-state index is 11.8. The van der Waals surface area contributed by atoms with Crippen LogP contribution in [0.25, 0.3) is 10.9 Å². The van der Waals surface area contributed by atoms with E-state index in [0.717, 1.165) is 35.3 Å². The number of aromatic nitrogens is 1. The number of anilines is 1. The van der Waals surface area contributed by atoms with Gasteiger partial charge in [0, 0.05) is 18.4 Å². The molecule has 1 aliphatic heterocycles. The molecule has 0 unspecified atom stereocenters. The Morgan fingerprint density at radius 2 is 1.96 bits per heavy atom. The first-order chi connectivity index (χ1) is 12.0. The third kappa shape index (κ3) is 2.58. The van der Waals surface area contributed by atoms with Crippen molar-refractivity contribution in [2.24, 2.45) is 0 Å². The van der Waals surface area contributed by atoms with Crippen LogP contribution in [0.1, 0.15) is 32.7 Å². The van der Waals surface area contributed by atoms with Gasteiger partial charge in [0.2, 0.25) is 0 Å². The van der Waals surface area contributed by atoms with Crippen LogP contribution in [0.2, 0.25) is 0 Å². The van der Waals surface area contributed by atoms with Crippen LogP contribution >= 0.6 is 0 Å². The number of aryl methyl sites for hydroxylation is 1. The molecule has 0 radical (unpaired) electrons. The molecule has 2 aromatic carbocycles. The lowest BCUT2D eigenvalue weighted by molar-refractivity contribution is 0.0695. The minimum absolute atomic E-state index is 0.0800. The zero-order valence-electron chi connectivity index (χ0n) is 13.8. The smallest absolute Gasteiger partial charge is 0.340 e. The molecule has 1 aromatic heterocycles. The molecule has 3 N–H and O–H groups in total. The standard InChI is InChI=1S/C20H18N2O3/c1-11-2-4-12(5-3-11)10-15-19(23)16(20(24)25)14-7-6-13-8-9-21-17(13)18(14)22-15/h2-7,21,23H,8-10H2,1H3,(H,24,25). The van der Waals surface area contributed by atoms with E-state index >= 15 is 0 Å². The lowest BCUT2D eigenvalue weighted by atomic mass is 9.99. The highest BCUT2D eigenvalue weighted by Gasteiger charge is 2.24. The van der Waals surface area contributed by atoms with Crippen LogP contribution in [0.4, 0.5) is 5.69 Å². The predicted octanol–water partition coefficient (Wildman–Crippen LogP) is 3.51. The van der Waals surface area contributed by atoms with Gasteiger partial charge in [-0.25, -0.2) is 9.78 Å². The lowest BCUT2D eigenvalue weighted by Crippen LogP contribution is -2.05. The Labute approximate surface area is 145 Å². The highest BCUT2D eigenvalue weighted by Crippen LogP contribution is 2.37. The molecule has 3 aromatic rings. The van der Waals surface area contributed by atoms with Gasteiger partial charge in [-0.2, -0.15) is 0 Å². The molecule has 0 atom stereocenters. The van der Waals surface area contributed by atoms with Crippen LogP contribution in [-0.2, 0) is 12.8 Å². The first kappa shape index (κ1) is 15.4. The summed E-state index contributed by atoms with van der Waals surface area (Å²) in [5, 5.41) is 23.9. The van der Waals surface area contributed by atoms with Crippen molar-refractivity contribution in [1.29, 1.82) is 0 Å². The van der Waals surface area contributed by atoms with E-state index in [9.17, 15) is 15.0 Å². The van der Waals surface area contributed by atoms with Gasteiger partial charge < -0.3 is 15.5 Å². The van der Waals surface area contributed by atoms with E-state index < -0.39 is 5.97 Å². The number of hydrogen-bond donors (Lipinski definition) is 3. The number of fused-ring (bicyclic) bond motifs is 3. The predicted molar refractivity (Wildman–Crippen MR) is 96.5 cm³/mol. The normalized spacial score (nSPS) is 12.8. The SMILES string of the molecule is Cc1ccc(Cc2nc3c4c(ccc3c(C(=O)O)c2O)CCN4)cc1. The minimum Gasteiger partial charge on any atom is -0.505 e. The number of nitrogens with zero attached hydrogens (tertiary/aromatic N) is 1. The van der Waals surface area contributed by atoms with E-state index in [4.69, 9.17) is 0 Å². The molecule has 5 nitrogen and oxygen atoms in total. The fourth-order valence-electron chi connectivity index (χ4n) is 3.38. The van der Waals surface area contributed by atoms with E-state index in [2.05, 4.69) is 10.3 Å². The average Bonchev–Trinajstić information content (AvgIpc) is 3.06. The van der Waals surface area contributed by atoms with E-state index in [1.807, 2.05) is 37.3 Å². The van der Waals surface area contributed by atoms with Crippen molar-refractivity contribution in [3.8, 4) is 5.75 Å². The fraction of sp³-hybridized carbons (Fsp3) is 0.200. The van der Waals surface area contributed by atoms with E-state index in [1.165, 1.54) is 0 Å². The van der Waals surface area contributed by atoms with Gasteiger partial charge in [-0.3, -0.25) is 0 Å². The van der Waals surface area contributed by atoms with Gasteiger partial charge in [0.05, 0.1) is 16.9 Å². The number of pyridine rings is 1. The number of carboxylic acid groups (broad SMARTS) is 1. The largest absolute Gasteiger partial charge is 0.505 e. The first-order valence-corrected chi connectivity index (χ1v) is 8.24. The molecule has 1 aliphatic rings. The van der Waals surface area contributed by atoms with Crippen molar-refractivity contribution in [3.63, 3.8) is 0 Å². The van der Waals surface area contributed by atoms with Gasteiger partial charge >= 0.3 is 5.97 Å². The highest BCUT2D eigenvalue weighted by atomic mass is 16.4. The van der Waals surface area contributed by atoms with E-state index in [1.54, 1.807) is 6.07 Å². The number of nitrogens with one attached hydrogen (secondary N) is 1. The molecule has 126 valence electrons. The third-order valence-electron chi connectivity index (χ3n) is 4.69. The van der Waals surface area contributed by atoms with Crippen LogP contribution in [0.15, 0.2) is 36.4 Å². The topological polar surface area (TPSA) is 82.5 Å². The Hall–Kier alpha value is -3.08. The molecule has 0 saturated heterocycles. The highest BCUT2D eigenvalue weighted by molar-refractivity contribution is 6.09. The number of benzene rings is 2. The summed E-state index contributed by atoms with van der Waals surface area (Å²) in [7, 11) is 0. The van der Waals surface area contributed by atoms with E-state index in [0.29, 0.717) is 23.0 Å². The summed E-state index contributed by atoms with van der Waals surface area (Å²) in [6.45, 7) is 2.82. The Kier molecular flexibility index (Phi) is 3.57. The molecule has 0 bridgehead atoms. The molecule has 0 fully saturated rings. The third-order valence-corrected chi connectivity index (χ3v) is 4.69. The summed E-state index contributed by atoms with van der Waals surface area (Å²) in [6.07, 6.45) is 1.27. The van der Waals surface area contributed by atoms with Crippen molar-refractivity contribution in [3.05, 3.63) is 64.3 Å². The Morgan fingerprint density at radius 1 is 1.20 bits per heavy atom. The summed E-state index contributed by atoms with van der Waals surface area (Å²) in [5.41, 5.74) is 5.05. The molecular weight excluding hydrogens is 316 g/mol. The number of rotatable bonds is 3. The summed E-state index contributed by atoms with van der Waals surface area (Å²) >= 11 is 0. The Morgan fingerprint density at radius 3 is 2.68 bits per heavy atom. The second-order valence-electron chi connectivity index (χ2n) is 6.42. The maximum atomic E-state index is 11.8. The summed E-state index contributed by atoms with van der Waals surface area (Å²) in [6, 6.07) is 11.6. The lowest BCUT2D eigenvalue weighted by Gasteiger charge is -2.13. The van der Waals surface area contributed by atoms with Gasteiger partial charge in [-0.15, -0.1) is 0 Å². The minimum atomic E-state index is -1.15. The molecule has 0 saturated carbocycles. The fourth-order valence-corrected chi connectivity index (χ4v) is 3.38. The van der Waals surface area contributed by atoms with Gasteiger partial charge in [0.1, 0.15) is 5.56 Å². The monoisotopic (exact) mass is 334 g/mol. The maximum Gasteiger partial charge on any atom is 0.340 e. The van der Waals surface area contributed by atoms with Crippen molar-refractivity contribution in [2.45, 2.75) is 19.8 Å². The quantitative estimate of drug-likeness (QED) is 0.683. The Bertz CT molecular complexity index is 994. The van der Waals surface area contributed by atoms with Crippen LogP contribution in [0.3, 0.4) is 0 Å². The molecular formula is C20H18N2O3. The summed E-state index contributed by atoms with van der Waals surface area (Å²) in [4.78, 5) is 16.4. The number of carbonyl (C=O) groups is 1. The van der Waals surface area contributed by atoms with Crippen LogP contribution in [0.5, 0.6) is 5.75 Å². The second-order valence-corrected chi connectivity index (χ2v) is 6.42. The molecule has 2 heterocycles. The van der Waals surface area contributed by atoms with Crippen molar-refractivity contribution in [2.75, 3.05) is 11.9 Å². The zero-order valence-corrected chi connectivity index (χ0v) is 13.8. The van der Waals surface area contributed by atoms with Gasteiger partial charge in [0.15, 0.2) is 5.75 Å². The summed E-state index contributed by atoms with van der Waals surface area (Å²) in [5.74, 6) is -1.40. The van der Waals surface area contributed by atoms with Gasteiger partial charge in [-0.1, -0.05) is 42.0 Å². The molecule has 25 heavy (non-hydrogen) atoms. The zero-order chi connectivity index (χ0) is 17.6. The number of aromatic carboxylic acids is 1. The molecule has 5 heteroatoms. The molecule has 0 aliphatic carbocycles. The van der Waals surface area contributed by atoms with Crippen LogP contribution < -0.4 is 5.32 Å². The summed E-state index contributed by atoms with van der Waals surface area (Å²) < 4.78 is 0. The van der Waals surface area contributed by atoms with Crippen molar-refractivity contribution in [1.82, 2.24) is 4.98 Å². The van der Waals surface area contributed by atoms with Crippen LogP contribution in [0, 0.1) is 6.92 Å². The van der Waals surface area contributed by atoms with Crippen LogP contribution in [-0.4, -0.2) is 27.7 Å². The molecule has 0 amide bonds. The molecule has 0 spiro atoms. The second kappa shape index (κ2) is 5.77. The Balaban J connectivity index is 1.93. The number of hydrogen-bond acceptors (Lipinski definition) is 4. The van der Waals surface area contributed by atoms with E-state index in [-0.39, 0.29) is 11.3 Å². The number of aromatic hydroxyl groups is 1. The first-order valence-electron chi connectivity index (χ1n) is 8.24. The van der Waals surface area contributed by atoms with Gasteiger partial charge in [-0.05, 0) is 24.5 Å². The van der Waals surface area contributed by atoms with Crippen molar-refractivity contribution < 1.29 is 15.0 Å². The van der Waals surface area contributed by atoms with Crippen molar-refractivity contribution >= 4 is 22.6 Å². The van der Waals surface area contributed by atoms with Gasteiger partial charge in [0.25, 0.3) is 0 Å². The molecule has 4 rings (SSSR count). The number of carboxylic acids is 1. The average molecular weight is 334 g/mol.